The van der Waals surface area contributed by atoms with Crippen molar-refractivity contribution in [1.82, 2.24) is 19.7 Å². The van der Waals surface area contributed by atoms with Crippen LogP contribution in [0.2, 0.25) is 5.02 Å². The van der Waals surface area contributed by atoms with Gasteiger partial charge >= 0.3 is 0 Å². The number of primary amides is 1. The minimum atomic E-state index is -0.674. The summed E-state index contributed by atoms with van der Waals surface area (Å²) in [4.78, 5) is 26.0. The molecule has 30 heavy (non-hydrogen) atoms. The molecule has 8 nitrogen and oxygen atoms in total. The number of benzene rings is 1. The van der Waals surface area contributed by atoms with Gasteiger partial charge in [0.1, 0.15) is 6.54 Å². The van der Waals surface area contributed by atoms with Crippen molar-refractivity contribution in [2.45, 2.75) is 50.2 Å². The van der Waals surface area contributed by atoms with Gasteiger partial charge in [-0.1, -0.05) is 23.7 Å². The van der Waals surface area contributed by atoms with Crippen LogP contribution in [0.5, 0.6) is 0 Å². The summed E-state index contributed by atoms with van der Waals surface area (Å²) in [7, 11) is 0. The van der Waals surface area contributed by atoms with E-state index < -0.39 is 5.91 Å². The first-order valence-corrected chi connectivity index (χ1v) is 9.79. The van der Waals surface area contributed by atoms with E-state index in [1.807, 2.05) is 23.1 Å². The zero-order chi connectivity index (χ0) is 19.9. The highest BCUT2D eigenvalue weighted by Crippen LogP contribution is 2.41. The molecule has 1 aromatic heterocycles. The molecule has 0 saturated heterocycles. The summed E-state index contributed by atoms with van der Waals surface area (Å²) in [5, 5.41) is 8.58. The molecular weight excluding hydrogens is 451 g/mol. The summed E-state index contributed by atoms with van der Waals surface area (Å²) in [6.07, 6.45) is 3.48. The highest BCUT2D eigenvalue weighted by molar-refractivity contribution is 6.30. The number of nitrogens with two attached hydrogens (primary N) is 2. The lowest BCUT2D eigenvalue weighted by atomic mass is 9.68. The van der Waals surface area contributed by atoms with E-state index in [0.717, 1.165) is 31.2 Å². The van der Waals surface area contributed by atoms with E-state index in [-0.39, 0.29) is 54.5 Å². The van der Waals surface area contributed by atoms with Gasteiger partial charge in [-0.25, -0.2) is 0 Å². The summed E-state index contributed by atoms with van der Waals surface area (Å²) in [6.45, 7) is 0.939. The number of hydrogen-bond acceptors (Lipinski definition) is 5. The van der Waals surface area contributed by atoms with Crippen LogP contribution >= 0.6 is 36.4 Å². The molecule has 1 aliphatic heterocycles. The van der Waals surface area contributed by atoms with E-state index in [9.17, 15) is 9.59 Å². The molecule has 11 heteroatoms. The third-order valence-corrected chi connectivity index (χ3v) is 6.39. The van der Waals surface area contributed by atoms with Gasteiger partial charge in [0, 0.05) is 23.0 Å². The largest absolute Gasteiger partial charge is 0.363 e. The Kier molecular flexibility index (Phi) is 7.74. The van der Waals surface area contributed by atoms with Crippen LogP contribution in [0.4, 0.5) is 0 Å². The molecule has 1 saturated carbocycles. The van der Waals surface area contributed by atoms with Crippen LogP contribution in [-0.4, -0.2) is 44.1 Å². The minimum absolute atomic E-state index is 0. The first kappa shape index (κ1) is 24.4. The van der Waals surface area contributed by atoms with E-state index in [0.29, 0.717) is 23.9 Å². The number of nitrogens with zero attached hydrogens (tertiary/aromatic N) is 4. The van der Waals surface area contributed by atoms with Crippen molar-refractivity contribution in [2.24, 2.45) is 11.5 Å². The number of amides is 2. The fourth-order valence-corrected chi connectivity index (χ4v) is 4.69. The standard InChI is InChI=1S/C19H23ClN6O2.2ClH/c20-13-3-1-2-12(8-13)19(11-21)6-4-14(5-7-19)25-9-15-23-24-18(17(22)28)26(15)10-16(25)27;;/h1-3,8,14H,4-7,9-11,21H2,(H2,22,28);2*1H/t14-,19+;;. The Morgan fingerprint density at radius 2 is 1.90 bits per heavy atom. The predicted octanol–water partition coefficient (Wildman–Crippen LogP) is 2.06. The number of hydrogen-bond donors (Lipinski definition) is 2. The quantitative estimate of drug-likeness (QED) is 0.701. The smallest absolute Gasteiger partial charge is 0.286 e. The highest BCUT2D eigenvalue weighted by atomic mass is 35.5. The second-order valence-electron chi connectivity index (χ2n) is 7.64. The van der Waals surface area contributed by atoms with Crippen molar-refractivity contribution in [3.05, 3.63) is 46.5 Å². The second kappa shape index (κ2) is 9.51. The zero-order valence-corrected chi connectivity index (χ0v) is 18.7. The van der Waals surface area contributed by atoms with E-state index in [1.54, 1.807) is 0 Å². The monoisotopic (exact) mass is 474 g/mol. The third kappa shape index (κ3) is 4.27. The van der Waals surface area contributed by atoms with Gasteiger partial charge in [0.2, 0.25) is 11.7 Å². The van der Waals surface area contributed by atoms with Crippen LogP contribution in [0.15, 0.2) is 24.3 Å². The SMILES string of the molecule is Cl.Cl.NC[C@]1(c2cccc(Cl)c2)CC[C@@H](N2Cc3nnc(C(N)=O)n3CC2=O)CC1. The average molecular weight is 476 g/mol. The Hall–Kier alpha value is -1.87. The van der Waals surface area contributed by atoms with Gasteiger partial charge in [-0.3, -0.25) is 14.2 Å². The lowest BCUT2D eigenvalue weighted by molar-refractivity contribution is -0.137. The van der Waals surface area contributed by atoms with Crippen LogP contribution in [0.25, 0.3) is 0 Å². The molecule has 0 atom stereocenters. The number of carbonyl (C=O) groups is 2. The fourth-order valence-electron chi connectivity index (χ4n) is 4.50. The van der Waals surface area contributed by atoms with Crippen molar-refractivity contribution >= 4 is 48.2 Å². The normalized spacial score (nSPS) is 23.2. The molecule has 1 aromatic carbocycles. The summed E-state index contributed by atoms with van der Waals surface area (Å²) in [5.74, 6) is -0.0802. The van der Waals surface area contributed by atoms with Crippen molar-refractivity contribution in [3.8, 4) is 0 Å². The molecule has 0 bridgehead atoms. The maximum Gasteiger partial charge on any atom is 0.286 e. The predicted molar refractivity (Wildman–Crippen MR) is 118 cm³/mol. The molecule has 0 unspecified atom stereocenters. The Morgan fingerprint density at radius 1 is 1.20 bits per heavy atom. The van der Waals surface area contributed by atoms with Crippen LogP contribution < -0.4 is 11.5 Å². The van der Waals surface area contributed by atoms with E-state index in [1.165, 1.54) is 4.57 Å². The molecule has 4 N–H and O–H groups in total. The second-order valence-corrected chi connectivity index (χ2v) is 8.07. The molecule has 1 fully saturated rings. The zero-order valence-electron chi connectivity index (χ0n) is 16.3. The van der Waals surface area contributed by atoms with E-state index in [4.69, 9.17) is 23.1 Å². The number of halogens is 3. The molecule has 2 aliphatic rings. The first-order valence-electron chi connectivity index (χ1n) is 9.41. The van der Waals surface area contributed by atoms with Gasteiger partial charge < -0.3 is 16.4 Å². The van der Waals surface area contributed by atoms with Crippen molar-refractivity contribution < 1.29 is 9.59 Å². The van der Waals surface area contributed by atoms with E-state index >= 15 is 0 Å². The minimum Gasteiger partial charge on any atom is -0.363 e. The number of rotatable bonds is 4. The molecule has 0 radical (unpaired) electrons. The summed E-state index contributed by atoms with van der Waals surface area (Å²) < 4.78 is 1.51. The third-order valence-electron chi connectivity index (χ3n) is 6.15. The van der Waals surface area contributed by atoms with Crippen LogP contribution in [0.3, 0.4) is 0 Å². The maximum atomic E-state index is 12.7. The van der Waals surface area contributed by atoms with Gasteiger partial charge in [-0.15, -0.1) is 35.0 Å². The summed E-state index contributed by atoms with van der Waals surface area (Å²) in [5.41, 5.74) is 12.5. The molecule has 1 aliphatic carbocycles. The average Bonchev–Trinajstić information content (AvgIpc) is 3.10. The Balaban J connectivity index is 0.00000160. The van der Waals surface area contributed by atoms with Crippen LogP contribution in [0.1, 0.15) is 47.7 Å². The maximum absolute atomic E-state index is 12.7. The van der Waals surface area contributed by atoms with Crippen LogP contribution in [-0.2, 0) is 23.3 Å². The molecule has 164 valence electrons. The topological polar surface area (TPSA) is 120 Å². The van der Waals surface area contributed by atoms with Crippen molar-refractivity contribution in [3.63, 3.8) is 0 Å². The lowest BCUT2D eigenvalue weighted by Gasteiger charge is -2.44. The Morgan fingerprint density at radius 3 is 2.50 bits per heavy atom. The number of aromatic nitrogens is 3. The highest BCUT2D eigenvalue weighted by Gasteiger charge is 2.40. The molecule has 2 amide bonds. The summed E-state index contributed by atoms with van der Waals surface area (Å²) >= 11 is 6.18. The number of carbonyl (C=O) groups excluding carboxylic acids is 2. The van der Waals surface area contributed by atoms with E-state index in [2.05, 4.69) is 16.3 Å². The van der Waals surface area contributed by atoms with Gasteiger partial charge in [-0.05, 0) is 43.4 Å². The van der Waals surface area contributed by atoms with Gasteiger partial charge in [0.05, 0.1) is 6.54 Å². The van der Waals surface area contributed by atoms with Crippen molar-refractivity contribution in [1.29, 1.82) is 0 Å². The van der Waals surface area contributed by atoms with Crippen molar-refractivity contribution in [2.75, 3.05) is 6.54 Å². The van der Waals surface area contributed by atoms with Gasteiger partial charge in [0.15, 0.2) is 5.82 Å². The molecular formula is C19H25Cl3N6O2. The number of fused-ring (bicyclic) bond motifs is 1. The molecule has 0 spiro atoms. The summed E-state index contributed by atoms with van der Waals surface area (Å²) in [6, 6.07) is 8.02. The fraction of sp³-hybridized carbons (Fsp3) is 0.474. The lowest BCUT2D eigenvalue weighted by Crippen LogP contribution is -2.50. The Bertz CT molecular complexity index is 927. The molecule has 4 rings (SSSR count). The van der Waals surface area contributed by atoms with Gasteiger partial charge in [0.25, 0.3) is 5.91 Å². The van der Waals surface area contributed by atoms with Crippen LogP contribution in [0, 0.1) is 0 Å². The first-order chi connectivity index (χ1) is 13.4. The molecule has 2 heterocycles. The molecule has 2 aromatic rings. The Labute approximate surface area is 192 Å². The van der Waals surface area contributed by atoms with Gasteiger partial charge in [-0.2, -0.15) is 0 Å².